The Morgan fingerprint density at radius 1 is 0.962 bits per heavy atom. The van der Waals surface area contributed by atoms with Crippen molar-refractivity contribution >= 4 is 18.9 Å². The highest BCUT2D eigenvalue weighted by atomic mass is 19.4. The van der Waals surface area contributed by atoms with Gasteiger partial charge in [-0.05, 0) is 0 Å². The minimum absolute atomic E-state index is 0.00605. The van der Waals surface area contributed by atoms with Gasteiger partial charge >= 0.3 is 19.5 Å². The molecule has 0 aliphatic carbocycles. The summed E-state index contributed by atoms with van der Waals surface area (Å²) in [4.78, 5) is 25.3. The standard InChI is InChI=1S/C13H15BF6N2O4/c1-2-3-14-25-8-9(26-14)11(24)22(7-13(18,19)20)5-4-21(10(8)23)6-12(15,16)17/h2,8-9H,1,3-7H2/t8-,9-/m0/s1. The monoisotopic (exact) mass is 388 g/mol. The average molecular weight is 388 g/mol. The summed E-state index contributed by atoms with van der Waals surface area (Å²) in [5.41, 5.74) is 0. The number of nitrogens with zero attached hydrogens (tertiary/aromatic N) is 2. The lowest BCUT2D eigenvalue weighted by atomic mass is 9.85. The van der Waals surface area contributed by atoms with E-state index < -0.39 is 69.7 Å². The number of amides is 2. The highest BCUT2D eigenvalue weighted by Crippen LogP contribution is 2.28. The Hall–Kier alpha value is -1.76. The van der Waals surface area contributed by atoms with Crippen LogP contribution in [0, 0.1) is 0 Å². The van der Waals surface area contributed by atoms with Gasteiger partial charge in [0.2, 0.25) is 0 Å². The van der Waals surface area contributed by atoms with Crippen molar-refractivity contribution in [2.75, 3.05) is 26.2 Å². The normalized spacial score (nSPS) is 25.2. The number of alkyl halides is 6. The molecule has 0 aromatic heterocycles. The smallest absolute Gasteiger partial charge is 0.396 e. The Balaban J connectivity index is 2.29. The number of allylic oxidation sites excluding steroid dienone is 1. The van der Waals surface area contributed by atoms with E-state index in [9.17, 15) is 35.9 Å². The molecule has 0 saturated carbocycles. The molecule has 0 radical (unpaired) electrons. The van der Waals surface area contributed by atoms with Crippen LogP contribution in [0.3, 0.4) is 0 Å². The van der Waals surface area contributed by atoms with E-state index in [1.54, 1.807) is 0 Å². The quantitative estimate of drug-likeness (QED) is 0.413. The highest BCUT2D eigenvalue weighted by Gasteiger charge is 2.52. The first kappa shape index (κ1) is 20.6. The van der Waals surface area contributed by atoms with E-state index in [0.29, 0.717) is 9.80 Å². The van der Waals surface area contributed by atoms with Crippen LogP contribution in [-0.2, 0) is 18.9 Å². The van der Waals surface area contributed by atoms with Crippen molar-refractivity contribution in [3.05, 3.63) is 12.7 Å². The lowest BCUT2D eigenvalue weighted by Gasteiger charge is -2.35. The number of fused-ring (bicyclic) bond motifs is 1. The van der Waals surface area contributed by atoms with E-state index in [4.69, 9.17) is 9.31 Å². The van der Waals surface area contributed by atoms with Gasteiger partial charge in [-0.1, -0.05) is 6.08 Å². The third kappa shape index (κ3) is 5.13. The number of rotatable bonds is 4. The average Bonchev–Trinajstić information content (AvgIpc) is 2.89. The molecule has 0 aromatic rings. The largest absolute Gasteiger partial charge is 0.462 e. The molecule has 0 bridgehead atoms. The Bertz CT molecular complexity index is 526. The van der Waals surface area contributed by atoms with Crippen molar-refractivity contribution in [3.63, 3.8) is 0 Å². The van der Waals surface area contributed by atoms with Crippen molar-refractivity contribution in [1.82, 2.24) is 9.80 Å². The second-order valence-corrected chi connectivity index (χ2v) is 5.82. The predicted molar refractivity (Wildman–Crippen MR) is 75.8 cm³/mol. The minimum atomic E-state index is -4.76. The molecule has 26 heavy (non-hydrogen) atoms. The van der Waals surface area contributed by atoms with Gasteiger partial charge in [-0.2, -0.15) is 26.3 Å². The summed E-state index contributed by atoms with van der Waals surface area (Å²) in [7, 11) is -1.16. The highest BCUT2D eigenvalue weighted by molar-refractivity contribution is 6.46. The number of halogens is 6. The second-order valence-electron chi connectivity index (χ2n) is 5.82. The summed E-state index contributed by atoms with van der Waals surface area (Å²) in [5, 5.41) is 0. The van der Waals surface area contributed by atoms with Crippen molar-refractivity contribution < 1.29 is 45.2 Å². The molecular formula is C13H15BF6N2O4. The molecule has 0 unspecified atom stereocenters. The third-order valence-electron chi connectivity index (χ3n) is 3.72. The van der Waals surface area contributed by atoms with E-state index in [1.807, 2.05) is 0 Å². The molecule has 6 nitrogen and oxygen atoms in total. The molecule has 2 aliphatic rings. The molecule has 2 saturated heterocycles. The summed E-state index contributed by atoms with van der Waals surface area (Å²) < 4.78 is 86.5. The molecule has 0 N–H and O–H groups in total. The maximum Gasteiger partial charge on any atom is 0.462 e. The Kier molecular flexibility index (Phi) is 5.90. The zero-order valence-corrected chi connectivity index (χ0v) is 13.3. The zero-order chi connectivity index (χ0) is 19.7. The molecule has 2 amide bonds. The van der Waals surface area contributed by atoms with Gasteiger partial charge in [0.15, 0.2) is 12.2 Å². The Morgan fingerprint density at radius 2 is 1.35 bits per heavy atom. The van der Waals surface area contributed by atoms with Crippen LogP contribution in [0.1, 0.15) is 0 Å². The SMILES string of the molecule is C=CCB1O[C@@H]2C(=O)N(CC(F)(F)F)CCN(CC(F)(F)F)C(=O)[C@H]2O1. The summed E-state index contributed by atoms with van der Waals surface area (Å²) in [6.07, 6.45) is -11.7. The fourth-order valence-corrected chi connectivity index (χ4v) is 2.69. The summed E-state index contributed by atoms with van der Waals surface area (Å²) in [6.45, 7) is -1.36. The van der Waals surface area contributed by atoms with Crippen LogP contribution < -0.4 is 0 Å². The zero-order valence-electron chi connectivity index (χ0n) is 13.3. The van der Waals surface area contributed by atoms with Crippen LogP contribution in [0.15, 0.2) is 12.7 Å². The van der Waals surface area contributed by atoms with Crippen molar-refractivity contribution in [3.8, 4) is 0 Å². The van der Waals surface area contributed by atoms with Crippen molar-refractivity contribution in [1.29, 1.82) is 0 Å². The molecule has 2 aliphatic heterocycles. The van der Waals surface area contributed by atoms with Gasteiger partial charge in [0.1, 0.15) is 13.1 Å². The molecule has 2 fully saturated rings. The van der Waals surface area contributed by atoms with Crippen LogP contribution in [0.5, 0.6) is 0 Å². The summed E-state index contributed by atoms with van der Waals surface area (Å²) in [6, 6.07) is 0. The molecular weight excluding hydrogens is 373 g/mol. The molecule has 2 atom stereocenters. The molecule has 13 heteroatoms. The van der Waals surface area contributed by atoms with Crippen LogP contribution in [-0.4, -0.2) is 79.5 Å². The van der Waals surface area contributed by atoms with Crippen LogP contribution in [0.25, 0.3) is 0 Å². The molecule has 0 spiro atoms. The van der Waals surface area contributed by atoms with Crippen LogP contribution in [0.4, 0.5) is 26.3 Å². The van der Waals surface area contributed by atoms with Gasteiger partial charge in [-0.15, -0.1) is 6.58 Å². The van der Waals surface area contributed by atoms with Gasteiger partial charge in [0.05, 0.1) is 0 Å². The molecule has 0 aromatic carbocycles. The first-order valence-electron chi connectivity index (χ1n) is 7.54. The number of carbonyl (C=O) groups is 2. The van der Waals surface area contributed by atoms with Gasteiger partial charge in [0, 0.05) is 19.4 Å². The summed E-state index contributed by atoms with van der Waals surface area (Å²) in [5.74, 6) is -2.31. The van der Waals surface area contributed by atoms with E-state index in [0.717, 1.165) is 0 Å². The second kappa shape index (κ2) is 7.47. The van der Waals surface area contributed by atoms with Gasteiger partial charge < -0.3 is 19.1 Å². The van der Waals surface area contributed by atoms with E-state index in [2.05, 4.69) is 6.58 Å². The number of hydrogen-bond donors (Lipinski definition) is 0. The number of hydrogen-bond acceptors (Lipinski definition) is 4. The van der Waals surface area contributed by atoms with Gasteiger partial charge in [-0.25, -0.2) is 0 Å². The van der Waals surface area contributed by atoms with E-state index >= 15 is 0 Å². The minimum Gasteiger partial charge on any atom is -0.396 e. The Labute approximate surface area is 144 Å². The summed E-state index contributed by atoms with van der Waals surface area (Å²) >= 11 is 0. The van der Waals surface area contributed by atoms with Crippen LogP contribution in [0.2, 0.25) is 6.32 Å². The lowest BCUT2D eigenvalue weighted by Crippen LogP contribution is -2.58. The van der Waals surface area contributed by atoms with Crippen molar-refractivity contribution in [2.24, 2.45) is 0 Å². The van der Waals surface area contributed by atoms with Gasteiger partial charge in [-0.3, -0.25) is 9.59 Å². The fraction of sp³-hybridized carbons (Fsp3) is 0.692. The van der Waals surface area contributed by atoms with Crippen molar-refractivity contribution in [2.45, 2.75) is 30.9 Å². The first-order chi connectivity index (χ1) is 11.9. The Morgan fingerprint density at radius 3 is 1.65 bits per heavy atom. The lowest BCUT2D eigenvalue weighted by molar-refractivity contribution is -0.178. The van der Waals surface area contributed by atoms with E-state index in [-0.39, 0.29) is 6.32 Å². The number of carbonyl (C=O) groups excluding carboxylic acids is 2. The maximum absolute atomic E-state index is 12.7. The van der Waals surface area contributed by atoms with Crippen LogP contribution >= 0.6 is 0 Å². The maximum atomic E-state index is 12.7. The predicted octanol–water partition coefficient (Wildman–Crippen LogP) is 1.24. The molecule has 146 valence electrons. The third-order valence-corrected chi connectivity index (χ3v) is 3.72. The fourth-order valence-electron chi connectivity index (χ4n) is 2.69. The van der Waals surface area contributed by atoms with E-state index in [1.165, 1.54) is 6.08 Å². The van der Waals surface area contributed by atoms with Gasteiger partial charge in [0.25, 0.3) is 11.8 Å². The first-order valence-corrected chi connectivity index (χ1v) is 7.54. The molecule has 2 heterocycles. The molecule has 2 rings (SSSR count). The topological polar surface area (TPSA) is 59.1 Å².